The number of aliphatic carboxylic acids is 2. The second kappa shape index (κ2) is 11.5. The Bertz CT molecular complexity index is 716. The van der Waals surface area contributed by atoms with Crippen molar-refractivity contribution in [1.29, 1.82) is 0 Å². The SMILES string of the molecule is Cc1ccc(CCCCCC(C)(C)C(=O)O)c(C)c1CCCCCC(C)(C)C(=O)O. The summed E-state index contributed by atoms with van der Waals surface area (Å²) in [6, 6.07) is 4.46. The molecule has 1 aromatic carbocycles. The van der Waals surface area contributed by atoms with Gasteiger partial charge in [-0.2, -0.15) is 0 Å². The van der Waals surface area contributed by atoms with Crippen LogP contribution in [0.3, 0.4) is 0 Å². The van der Waals surface area contributed by atoms with E-state index in [1.807, 2.05) is 0 Å². The Morgan fingerprint density at radius 2 is 1.20 bits per heavy atom. The molecule has 170 valence electrons. The molecule has 0 radical (unpaired) electrons. The minimum absolute atomic E-state index is 0.632. The third kappa shape index (κ3) is 8.12. The maximum absolute atomic E-state index is 11.2. The van der Waals surface area contributed by atoms with Gasteiger partial charge in [0.2, 0.25) is 0 Å². The smallest absolute Gasteiger partial charge is 0.309 e. The number of unbranched alkanes of at least 4 members (excludes halogenated alkanes) is 4. The molecule has 4 nitrogen and oxygen atoms in total. The van der Waals surface area contributed by atoms with Crippen molar-refractivity contribution in [2.45, 2.75) is 106 Å². The lowest BCUT2D eigenvalue weighted by Crippen LogP contribution is -2.23. The van der Waals surface area contributed by atoms with E-state index in [2.05, 4.69) is 26.0 Å². The first kappa shape index (κ1) is 26.2. The lowest BCUT2D eigenvalue weighted by atomic mass is 9.86. The quantitative estimate of drug-likeness (QED) is 0.328. The predicted molar refractivity (Wildman–Crippen MR) is 123 cm³/mol. The van der Waals surface area contributed by atoms with Crippen LogP contribution in [-0.4, -0.2) is 22.2 Å². The summed E-state index contributed by atoms with van der Waals surface area (Å²) in [5, 5.41) is 18.4. The van der Waals surface area contributed by atoms with Crippen LogP contribution in [0.5, 0.6) is 0 Å². The molecule has 0 atom stereocenters. The molecule has 2 N–H and O–H groups in total. The van der Waals surface area contributed by atoms with Gasteiger partial charge in [-0.15, -0.1) is 0 Å². The van der Waals surface area contributed by atoms with Crippen LogP contribution >= 0.6 is 0 Å². The second-order valence-electron chi connectivity index (χ2n) is 10.1. The summed E-state index contributed by atoms with van der Waals surface area (Å²) in [5.74, 6) is -1.43. The summed E-state index contributed by atoms with van der Waals surface area (Å²) in [6.45, 7) is 11.6. The van der Waals surface area contributed by atoms with Crippen molar-refractivity contribution in [3.63, 3.8) is 0 Å². The molecule has 1 rings (SSSR count). The van der Waals surface area contributed by atoms with Crippen molar-refractivity contribution in [3.8, 4) is 0 Å². The Morgan fingerprint density at radius 3 is 1.67 bits per heavy atom. The van der Waals surface area contributed by atoms with Gasteiger partial charge in [0.15, 0.2) is 0 Å². The van der Waals surface area contributed by atoms with Crippen LogP contribution in [0.1, 0.15) is 101 Å². The van der Waals surface area contributed by atoms with Crippen molar-refractivity contribution >= 4 is 11.9 Å². The summed E-state index contributed by atoms with van der Waals surface area (Å²) in [7, 11) is 0. The van der Waals surface area contributed by atoms with Gasteiger partial charge in [0.05, 0.1) is 10.8 Å². The zero-order valence-electron chi connectivity index (χ0n) is 19.9. The number of hydrogen-bond donors (Lipinski definition) is 2. The van der Waals surface area contributed by atoms with Gasteiger partial charge in [-0.3, -0.25) is 9.59 Å². The van der Waals surface area contributed by atoms with Gasteiger partial charge >= 0.3 is 11.9 Å². The van der Waals surface area contributed by atoms with Crippen LogP contribution in [0.25, 0.3) is 0 Å². The summed E-state index contributed by atoms with van der Waals surface area (Å²) >= 11 is 0. The van der Waals surface area contributed by atoms with Gasteiger partial charge in [-0.05, 0) is 102 Å². The largest absolute Gasteiger partial charge is 0.481 e. The Morgan fingerprint density at radius 1 is 0.733 bits per heavy atom. The number of carboxylic acids is 2. The number of hydrogen-bond acceptors (Lipinski definition) is 2. The van der Waals surface area contributed by atoms with Gasteiger partial charge in [-0.1, -0.05) is 37.8 Å². The fourth-order valence-electron chi connectivity index (χ4n) is 3.91. The molecule has 0 saturated heterocycles. The first-order chi connectivity index (χ1) is 13.9. The molecule has 4 heteroatoms. The predicted octanol–water partition coefficient (Wildman–Crippen LogP) is 6.73. The summed E-state index contributed by atoms with van der Waals surface area (Å²) in [5.41, 5.74) is 4.31. The Hall–Kier alpha value is -1.84. The van der Waals surface area contributed by atoms with Crippen molar-refractivity contribution < 1.29 is 19.8 Å². The van der Waals surface area contributed by atoms with Crippen LogP contribution in [0.4, 0.5) is 0 Å². The first-order valence-electron chi connectivity index (χ1n) is 11.4. The maximum atomic E-state index is 11.2. The number of benzene rings is 1. The van der Waals surface area contributed by atoms with E-state index in [-0.39, 0.29) is 0 Å². The third-order valence-corrected chi connectivity index (χ3v) is 6.58. The standard InChI is InChI=1S/C26H42O4/c1-19-15-16-21(13-9-7-11-17-25(3,4)23(27)28)20(2)22(19)14-10-8-12-18-26(5,6)24(29)30/h15-16H,7-14,17-18H2,1-6H3,(H,27,28)(H,29,30). The Balaban J connectivity index is 2.49. The van der Waals surface area contributed by atoms with Gasteiger partial charge < -0.3 is 10.2 Å². The maximum Gasteiger partial charge on any atom is 0.309 e. The molecule has 0 amide bonds. The fourth-order valence-corrected chi connectivity index (χ4v) is 3.91. The second-order valence-corrected chi connectivity index (χ2v) is 10.1. The molecule has 0 heterocycles. The van der Waals surface area contributed by atoms with E-state index in [1.165, 1.54) is 22.3 Å². The van der Waals surface area contributed by atoms with Crippen LogP contribution in [0.15, 0.2) is 12.1 Å². The van der Waals surface area contributed by atoms with Gasteiger partial charge in [0.1, 0.15) is 0 Å². The van der Waals surface area contributed by atoms with Crippen LogP contribution in [-0.2, 0) is 22.4 Å². The molecule has 0 saturated carbocycles. The van der Waals surface area contributed by atoms with Crippen molar-refractivity contribution in [2.75, 3.05) is 0 Å². The average Bonchev–Trinajstić information content (AvgIpc) is 2.64. The van der Waals surface area contributed by atoms with E-state index >= 15 is 0 Å². The normalized spacial score (nSPS) is 12.2. The third-order valence-electron chi connectivity index (χ3n) is 6.58. The summed E-state index contributed by atoms with van der Waals surface area (Å²) in [6.07, 6.45) is 9.71. The number of carbonyl (C=O) groups is 2. The molecule has 0 spiro atoms. The van der Waals surface area contributed by atoms with Gasteiger partial charge in [0.25, 0.3) is 0 Å². The summed E-state index contributed by atoms with van der Waals surface area (Å²) < 4.78 is 0. The average molecular weight is 419 g/mol. The molecular weight excluding hydrogens is 376 g/mol. The Labute approximate surface area is 183 Å². The lowest BCUT2D eigenvalue weighted by molar-refractivity contribution is -0.148. The first-order valence-corrected chi connectivity index (χ1v) is 11.4. The highest BCUT2D eigenvalue weighted by Gasteiger charge is 2.26. The summed E-state index contributed by atoms with van der Waals surface area (Å²) in [4.78, 5) is 22.4. The van der Waals surface area contributed by atoms with E-state index in [0.29, 0.717) is 0 Å². The van der Waals surface area contributed by atoms with E-state index in [0.717, 1.165) is 64.2 Å². The van der Waals surface area contributed by atoms with Crippen molar-refractivity contribution in [1.82, 2.24) is 0 Å². The van der Waals surface area contributed by atoms with E-state index in [4.69, 9.17) is 0 Å². The number of carboxylic acid groups (broad SMARTS) is 2. The van der Waals surface area contributed by atoms with Gasteiger partial charge in [0, 0.05) is 0 Å². The van der Waals surface area contributed by atoms with Crippen LogP contribution in [0, 0.1) is 24.7 Å². The molecule has 0 aliphatic heterocycles. The number of aryl methyl sites for hydroxylation is 2. The monoisotopic (exact) mass is 418 g/mol. The lowest BCUT2D eigenvalue weighted by Gasteiger charge is -2.19. The van der Waals surface area contributed by atoms with E-state index in [9.17, 15) is 19.8 Å². The highest BCUT2D eigenvalue weighted by atomic mass is 16.4. The molecule has 0 unspecified atom stereocenters. The Kier molecular flexibility index (Phi) is 10.1. The molecule has 0 fully saturated rings. The topological polar surface area (TPSA) is 74.6 Å². The molecular formula is C26H42O4. The number of rotatable bonds is 14. The van der Waals surface area contributed by atoms with Crippen molar-refractivity contribution in [2.24, 2.45) is 10.8 Å². The molecule has 0 aliphatic rings. The highest BCUT2D eigenvalue weighted by molar-refractivity contribution is 5.73. The fraction of sp³-hybridized carbons (Fsp3) is 0.692. The molecule has 0 aromatic heterocycles. The highest BCUT2D eigenvalue weighted by Crippen LogP contribution is 2.27. The molecule has 1 aromatic rings. The molecule has 0 bridgehead atoms. The zero-order valence-corrected chi connectivity index (χ0v) is 19.9. The molecule has 30 heavy (non-hydrogen) atoms. The van der Waals surface area contributed by atoms with E-state index in [1.54, 1.807) is 27.7 Å². The van der Waals surface area contributed by atoms with Crippen LogP contribution < -0.4 is 0 Å². The van der Waals surface area contributed by atoms with Gasteiger partial charge in [-0.25, -0.2) is 0 Å². The van der Waals surface area contributed by atoms with E-state index < -0.39 is 22.8 Å². The van der Waals surface area contributed by atoms with Crippen molar-refractivity contribution in [3.05, 3.63) is 34.4 Å². The minimum Gasteiger partial charge on any atom is -0.481 e. The minimum atomic E-state index is -0.715. The molecule has 0 aliphatic carbocycles. The van der Waals surface area contributed by atoms with Crippen LogP contribution in [0.2, 0.25) is 0 Å². The zero-order chi connectivity index (χ0) is 22.9.